The number of aromatic amines is 1. The van der Waals surface area contributed by atoms with Gasteiger partial charge in [0.1, 0.15) is 18.7 Å². The van der Waals surface area contributed by atoms with E-state index >= 15 is 0 Å². The lowest BCUT2D eigenvalue weighted by Gasteiger charge is -2.15. The molecule has 8 heteroatoms. The number of aromatic nitrogens is 3. The summed E-state index contributed by atoms with van der Waals surface area (Å²) in [6.07, 6.45) is 4.64. The zero-order valence-corrected chi connectivity index (χ0v) is 15.6. The Labute approximate surface area is 155 Å². The molecule has 1 aliphatic rings. The fourth-order valence-corrected chi connectivity index (χ4v) is 3.37. The van der Waals surface area contributed by atoms with Gasteiger partial charge in [-0.05, 0) is 66.0 Å². The average molecular weight is 408 g/mol. The van der Waals surface area contributed by atoms with Crippen molar-refractivity contribution in [2.24, 2.45) is 0 Å². The Kier molecular flexibility index (Phi) is 6.41. The fraction of sp³-hybridized carbons (Fsp3) is 0.471. The number of amides is 1. The van der Waals surface area contributed by atoms with Crippen LogP contribution in [0.2, 0.25) is 0 Å². The van der Waals surface area contributed by atoms with Crippen molar-refractivity contribution < 1.29 is 9.53 Å². The van der Waals surface area contributed by atoms with Crippen molar-refractivity contribution in [3.05, 3.63) is 40.4 Å². The predicted molar refractivity (Wildman–Crippen MR) is 97.7 cm³/mol. The number of nitrogens with one attached hydrogen (secondary N) is 2. The highest BCUT2D eigenvalue weighted by molar-refractivity contribution is 9.10. The van der Waals surface area contributed by atoms with Crippen LogP contribution in [-0.2, 0) is 6.42 Å². The molecule has 0 unspecified atom stereocenters. The molecular weight excluding hydrogens is 386 g/mol. The van der Waals surface area contributed by atoms with E-state index in [0.29, 0.717) is 13.2 Å². The lowest BCUT2D eigenvalue weighted by atomic mass is 10.1. The number of hydrogen-bond donors (Lipinski definition) is 2. The minimum atomic E-state index is -0.251. The van der Waals surface area contributed by atoms with Gasteiger partial charge in [-0.25, -0.2) is 4.98 Å². The molecule has 1 saturated heterocycles. The molecule has 0 bridgehead atoms. The monoisotopic (exact) mass is 407 g/mol. The van der Waals surface area contributed by atoms with E-state index < -0.39 is 0 Å². The van der Waals surface area contributed by atoms with Crippen LogP contribution in [0, 0.1) is 0 Å². The van der Waals surface area contributed by atoms with E-state index in [1.54, 1.807) is 0 Å². The van der Waals surface area contributed by atoms with E-state index in [1.165, 1.54) is 32.3 Å². The number of carbonyl (C=O) groups is 1. The van der Waals surface area contributed by atoms with Gasteiger partial charge in [0.05, 0.1) is 4.47 Å². The van der Waals surface area contributed by atoms with Gasteiger partial charge < -0.3 is 10.1 Å². The Morgan fingerprint density at radius 1 is 1.36 bits per heavy atom. The van der Waals surface area contributed by atoms with E-state index in [4.69, 9.17) is 4.74 Å². The zero-order valence-electron chi connectivity index (χ0n) is 14.0. The first-order chi connectivity index (χ1) is 12.2. The third-order valence-corrected chi connectivity index (χ3v) is 4.81. The van der Waals surface area contributed by atoms with Gasteiger partial charge in [0.2, 0.25) is 5.82 Å². The van der Waals surface area contributed by atoms with Crippen molar-refractivity contribution in [3.63, 3.8) is 0 Å². The van der Waals surface area contributed by atoms with Gasteiger partial charge in [-0.3, -0.25) is 14.8 Å². The molecule has 1 amide bonds. The smallest absolute Gasteiger partial charge is 0.288 e. The summed E-state index contributed by atoms with van der Waals surface area (Å²) in [6.45, 7) is 4.57. The highest BCUT2D eigenvalue weighted by Crippen LogP contribution is 2.26. The molecule has 0 atom stereocenters. The maximum atomic E-state index is 11.8. The van der Waals surface area contributed by atoms with Crippen LogP contribution in [-0.4, -0.2) is 58.8 Å². The summed E-state index contributed by atoms with van der Waals surface area (Å²) in [7, 11) is 0. The standard InChI is InChI=1S/C17H22BrN5O2/c18-14-11-13(5-6-19-17(24)16-20-12-21-22-16)3-4-15(14)25-10-9-23-7-1-2-8-23/h3-4,11-12H,1-2,5-10H2,(H,19,24)(H,20,21,22). The molecular formula is C17H22BrN5O2. The van der Waals surface area contributed by atoms with Crippen molar-refractivity contribution in [2.45, 2.75) is 19.3 Å². The van der Waals surface area contributed by atoms with Gasteiger partial charge in [0.25, 0.3) is 5.91 Å². The lowest BCUT2D eigenvalue weighted by Crippen LogP contribution is -2.26. The molecule has 0 aliphatic carbocycles. The van der Waals surface area contributed by atoms with E-state index in [0.717, 1.165) is 28.8 Å². The first-order valence-electron chi connectivity index (χ1n) is 8.49. The van der Waals surface area contributed by atoms with Gasteiger partial charge in [0.15, 0.2) is 0 Å². The maximum Gasteiger partial charge on any atom is 0.288 e. The average Bonchev–Trinajstić information content (AvgIpc) is 3.30. The summed E-state index contributed by atoms with van der Waals surface area (Å²) in [5.41, 5.74) is 1.12. The number of halogens is 1. The molecule has 2 N–H and O–H groups in total. The molecule has 0 spiro atoms. The number of likely N-dealkylation sites (tertiary alicyclic amines) is 1. The lowest BCUT2D eigenvalue weighted by molar-refractivity contribution is 0.0944. The van der Waals surface area contributed by atoms with Gasteiger partial charge in [0, 0.05) is 13.1 Å². The normalized spacial score (nSPS) is 14.6. The molecule has 1 aromatic heterocycles. The first-order valence-corrected chi connectivity index (χ1v) is 9.29. The summed E-state index contributed by atoms with van der Waals surface area (Å²) >= 11 is 3.56. The Morgan fingerprint density at radius 3 is 2.92 bits per heavy atom. The Morgan fingerprint density at radius 2 is 2.20 bits per heavy atom. The summed E-state index contributed by atoms with van der Waals surface area (Å²) in [5.74, 6) is 0.829. The molecule has 1 aromatic carbocycles. The molecule has 1 fully saturated rings. The predicted octanol–water partition coefficient (Wildman–Crippen LogP) is 2.01. The van der Waals surface area contributed by atoms with Crippen LogP contribution in [0.4, 0.5) is 0 Å². The maximum absolute atomic E-state index is 11.8. The first kappa shape index (κ1) is 17.9. The van der Waals surface area contributed by atoms with Crippen LogP contribution < -0.4 is 10.1 Å². The number of hydrogen-bond acceptors (Lipinski definition) is 5. The Hall–Kier alpha value is -1.93. The van der Waals surface area contributed by atoms with Crippen molar-refractivity contribution in [3.8, 4) is 5.75 Å². The molecule has 134 valence electrons. The van der Waals surface area contributed by atoms with Crippen LogP contribution in [0.3, 0.4) is 0 Å². The van der Waals surface area contributed by atoms with Crippen LogP contribution in [0.25, 0.3) is 0 Å². The van der Waals surface area contributed by atoms with Crippen molar-refractivity contribution in [2.75, 3.05) is 32.8 Å². The molecule has 25 heavy (non-hydrogen) atoms. The van der Waals surface area contributed by atoms with Crippen LogP contribution >= 0.6 is 15.9 Å². The number of ether oxygens (including phenoxy) is 1. The van der Waals surface area contributed by atoms with E-state index in [9.17, 15) is 4.79 Å². The van der Waals surface area contributed by atoms with Crippen LogP contribution in [0.1, 0.15) is 29.0 Å². The number of benzene rings is 1. The second-order valence-corrected chi connectivity index (χ2v) is 6.86. The number of carbonyl (C=O) groups excluding carboxylic acids is 1. The fourth-order valence-electron chi connectivity index (χ4n) is 2.83. The highest BCUT2D eigenvalue weighted by Gasteiger charge is 2.11. The summed E-state index contributed by atoms with van der Waals surface area (Å²) in [6, 6.07) is 6.03. The molecule has 2 aromatic rings. The topological polar surface area (TPSA) is 83.1 Å². The molecule has 0 saturated carbocycles. The molecule has 3 rings (SSSR count). The van der Waals surface area contributed by atoms with Crippen molar-refractivity contribution in [1.82, 2.24) is 25.4 Å². The molecule has 7 nitrogen and oxygen atoms in total. The molecule has 2 heterocycles. The van der Waals surface area contributed by atoms with Gasteiger partial charge in [-0.15, -0.1) is 0 Å². The third kappa shape index (κ3) is 5.27. The van der Waals surface area contributed by atoms with Crippen LogP contribution in [0.5, 0.6) is 5.75 Å². The molecule has 0 radical (unpaired) electrons. The quantitative estimate of drug-likeness (QED) is 0.699. The highest BCUT2D eigenvalue weighted by atomic mass is 79.9. The minimum absolute atomic E-state index is 0.225. The Bertz CT molecular complexity index is 686. The van der Waals surface area contributed by atoms with Crippen LogP contribution in [0.15, 0.2) is 29.0 Å². The number of rotatable bonds is 8. The number of nitrogens with zero attached hydrogens (tertiary/aromatic N) is 3. The second kappa shape index (κ2) is 8.96. The van der Waals surface area contributed by atoms with Gasteiger partial charge in [-0.2, -0.15) is 5.10 Å². The minimum Gasteiger partial charge on any atom is -0.491 e. The number of H-pyrrole nitrogens is 1. The summed E-state index contributed by atoms with van der Waals surface area (Å²) < 4.78 is 6.81. The zero-order chi connectivity index (χ0) is 17.5. The summed E-state index contributed by atoms with van der Waals surface area (Å²) in [5, 5.41) is 9.01. The van der Waals surface area contributed by atoms with E-state index in [-0.39, 0.29) is 11.7 Å². The second-order valence-electron chi connectivity index (χ2n) is 6.00. The largest absolute Gasteiger partial charge is 0.491 e. The van der Waals surface area contributed by atoms with Gasteiger partial charge >= 0.3 is 0 Å². The van der Waals surface area contributed by atoms with Gasteiger partial charge in [-0.1, -0.05) is 6.07 Å². The SMILES string of the molecule is O=C(NCCc1ccc(OCCN2CCCC2)c(Br)c1)c1ncn[nH]1. The Balaban J connectivity index is 1.42. The van der Waals surface area contributed by atoms with E-state index in [1.807, 2.05) is 18.2 Å². The third-order valence-electron chi connectivity index (χ3n) is 4.19. The van der Waals surface area contributed by atoms with Crippen molar-refractivity contribution >= 4 is 21.8 Å². The van der Waals surface area contributed by atoms with E-state index in [2.05, 4.69) is 41.3 Å². The van der Waals surface area contributed by atoms with Crippen molar-refractivity contribution in [1.29, 1.82) is 0 Å². The molecule has 1 aliphatic heterocycles. The summed E-state index contributed by atoms with van der Waals surface area (Å²) in [4.78, 5) is 18.0.